The Labute approximate surface area is 162 Å². The van der Waals surface area contributed by atoms with Gasteiger partial charge in [-0.05, 0) is 50.9 Å². The lowest BCUT2D eigenvalue weighted by Crippen LogP contribution is -2.46. The standard InChI is InChI=1S/C16H25N3O4S2.ClH/c1-17-14-6-5-11-19(13-14)25(22,23)16-8-4-7-15(12-16)24(20,21)18-9-2-3-10-18;/h4,7-8,12,14,17H,2-3,5-6,9-11,13H2,1H3;1H. The van der Waals surface area contributed by atoms with Crippen LogP contribution in [0.3, 0.4) is 0 Å². The molecule has 0 saturated carbocycles. The Morgan fingerprint density at radius 2 is 1.46 bits per heavy atom. The lowest BCUT2D eigenvalue weighted by Gasteiger charge is -2.31. The van der Waals surface area contributed by atoms with Crippen molar-refractivity contribution in [2.45, 2.75) is 41.5 Å². The van der Waals surface area contributed by atoms with E-state index in [-0.39, 0.29) is 28.2 Å². The van der Waals surface area contributed by atoms with E-state index in [0.29, 0.717) is 26.2 Å². The Kier molecular flexibility index (Phi) is 7.09. The fraction of sp³-hybridized carbons (Fsp3) is 0.625. The third-order valence-electron chi connectivity index (χ3n) is 4.94. The molecule has 0 spiro atoms. The van der Waals surface area contributed by atoms with Crippen LogP contribution >= 0.6 is 12.4 Å². The number of piperidine rings is 1. The van der Waals surface area contributed by atoms with E-state index in [1.807, 2.05) is 7.05 Å². The second-order valence-electron chi connectivity index (χ2n) is 6.58. The average molecular weight is 424 g/mol. The van der Waals surface area contributed by atoms with Crippen molar-refractivity contribution in [3.8, 4) is 0 Å². The van der Waals surface area contributed by atoms with Crippen LogP contribution in [0.1, 0.15) is 25.7 Å². The fourth-order valence-corrected chi connectivity index (χ4v) is 6.63. The van der Waals surface area contributed by atoms with Gasteiger partial charge in [0.25, 0.3) is 0 Å². The highest BCUT2D eigenvalue weighted by Gasteiger charge is 2.32. The molecule has 1 aromatic carbocycles. The van der Waals surface area contributed by atoms with Gasteiger partial charge in [0.15, 0.2) is 0 Å². The average Bonchev–Trinajstić information content (AvgIpc) is 3.17. The van der Waals surface area contributed by atoms with E-state index in [0.717, 1.165) is 25.7 Å². The lowest BCUT2D eigenvalue weighted by atomic mass is 10.1. The Morgan fingerprint density at radius 3 is 2.04 bits per heavy atom. The molecule has 2 saturated heterocycles. The summed E-state index contributed by atoms with van der Waals surface area (Å²) in [4.78, 5) is 0.0992. The molecule has 7 nitrogen and oxygen atoms in total. The van der Waals surface area contributed by atoms with Crippen LogP contribution in [-0.4, -0.2) is 64.7 Å². The largest absolute Gasteiger partial charge is 0.316 e. The minimum atomic E-state index is -3.70. The molecule has 0 aromatic heterocycles. The summed E-state index contributed by atoms with van der Waals surface area (Å²) in [5, 5.41) is 3.12. The molecule has 10 heteroatoms. The number of nitrogens with one attached hydrogen (secondary N) is 1. The summed E-state index contributed by atoms with van der Waals surface area (Å²) in [6.45, 7) is 1.86. The molecule has 2 aliphatic rings. The number of likely N-dealkylation sites (N-methyl/N-ethyl adjacent to an activating group) is 1. The van der Waals surface area contributed by atoms with Gasteiger partial charge < -0.3 is 5.32 Å². The molecule has 2 heterocycles. The van der Waals surface area contributed by atoms with Crippen LogP contribution in [0.25, 0.3) is 0 Å². The van der Waals surface area contributed by atoms with Crippen molar-refractivity contribution < 1.29 is 16.8 Å². The summed E-state index contributed by atoms with van der Waals surface area (Å²) < 4.78 is 54.1. The Balaban J connectivity index is 0.00000243. The molecule has 1 N–H and O–H groups in total. The zero-order valence-electron chi connectivity index (χ0n) is 14.8. The summed E-state index contributed by atoms with van der Waals surface area (Å²) in [7, 11) is -5.51. The van der Waals surface area contributed by atoms with E-state index in [4.69, 9.17) is 0 Å². The Hall–Kier alpha value is -0.710. The predicted octanol–water partition coefficient (Wildman–Crippen LogP) is 1.27. The molecule has 2 aliphatic heterocycles. The molecule has 0 radical (unpaired) electrons. The van der Waals surface area contributed by atoms with E-state index in [1.165, 1.54) is 32.9 Å². The van der Waals surface area contributed by atoms with Gasteiger partial charge in [0, 0.05) is 32.2 Å². The third kappa shape index (κ3) is 4.23. The van der Waals surface area contributed by atoms with Gasteiger partial charge in [-0.15, -0.1) is 12.4 Å². The smallest absolute Gasteiger partial charge is 0.243 e. The maximum absolute atomic E-state index is 12.9. The fourth-order valence-electron chi connectivity index (χ4n) is 3.42. The maximum Gasteiger partial charge on any atom is 0.243 e. The van der Waals surface area contributed by atoms with Crippen molar-refractivity contribution in [1.29, 1.82) is 0 Å². The van der Waals surface area contributed by atoms with Gasteiger partial charge in [-0.2, -0.15) is 8.61 Å². The van der Waals surface area contributed by atoms with E-state index in [2.05, 4.69) is 5.32 Å². The van der Waals surface area contributed by atoms with Gasteiger partial charge in [-0.25, -0.2) is 16.8 Å². The minimum Gasteiger partial charge on any atom is -0.316 e. The molecule has 1 atom stereocenters. The first-order valence-electron chi connectivity index (χ1n) is 8.63. The van der Waals surface area contributed by atoms with Crippen LogP contribution in [0.5, 0.6) is 0 Å². The predicted molar refractivity (Wildman–Crippen MR) is 103 cm³/mol. The van der Waals surface area contributed by atoms with Crippen LogP contribution in [0, 0.1) is 0 Å². The highest BCUT2D eigenvalue weighted by Crippen LogP contribution is 2.26. The lowest BCUT2D eigenvalue weighted by molar-refractivity contribution is 0.293. The highest BCUT2D eigenvalue weighted by molar-refractivity contribution is 7.90. The van der Waals surface area contributed by atoms with Crippen LogP contribution in [0.2, 0.25) is 0 Å². The van der Waals surface area contributed by atoms with Gasteiger partial charge in [0.1, 0.15) is 0 Å². The number of halogens is 1. The van der Waals surface area contributed by atoms with Crippen LogP contribution < -0.4 is 5.32 Å². The summed E-state index contributed by atoms with van der Waals surface area (Å²) in [6.07, 6.45) is 3.41. The molecule has 1 aromatic rings. The van der Waals surface area contributed by atoms with E-state index < -0.39 is 20.0 Å². The molecule has 2 fully saturated rings. The van der Waals surface area contributed by atoms with Gasteiger partial charge >= 0.3 is 0 Å². The van der Waals surface area contributed by atoms with Gasteiger partial charge in [-0.1, -0.05) is 6.07 Å². The second kappa shape index (κ2) is 8.53. The molecule has 0 bridgehead atoms. The molecule has 1 unspecified atom stereocenters. The Morgan fingerprint density at radius 1 is 0.923 bits per heavy atom. The minimum absolute atomic E-state index is 0. The van der Waals surface area contributed by atoms with Gasteiger partial charge in [0.05, 0.1) is 9.79 Å². The zero-order chi connectivity index (χ0) is 18.1. The maximum atomic E-state index is 12.9. The van der Waals surface area contributed by atoms with Crippen molar-refractivity contribution in [3.05, 3.63) is 24.3 Å². The van der Waals surface area contributed by atoms with Crippen molar-refractivity contribution in [3.63, 3.8) is 0 Å². The summed E-state index contributed by atoms with van der Waals surface area (Å²) in [6, 6.07) is 5.88. The number of benzene rings is 1. The van der Waals surface area contributed by atoms with Crippen molar-refractivity contribution in [2.24, 2.45) is 0 Å². The third-order valence-corrected chi connectivity index (χ3v) is 8.69. The van der Waals surface area contributed by atoms with E-state index in [9.17, 15) is 16.8 Å². The first-order chi connectivity index (χ1) is 11.9. The Bertz CT molecular complexity index is 824. The van der Waals surface area contributed by atoms with Crippen LogP contribution in [-0.2, 0) is 20.0 Å². The number of hydrogen-bond donors (Lipinski definition) is 1. The number of rotatable bonds is 5. The van der Waals surface area contributed by atoms with Crippen LogP contribution in [0.15, 0.2) is 34.1 Å². The molecular formula is C16H26ClN3O4S2. The number of sulfonamides is 2. The van der Waals surface area contributed by atoms with Crippen LogP contribution in [0.4, 0.5) is 0 Å². The molecular weight excluding hydrogens is 398 g/mol. The topological polar surface area (TPSA) is 86.8 Å². The van der Waals surface area contributed by atoms with Crippen molar-refractivity contribution in [2.75, 3.05) is 33.2 Å². The molecule has 148 valence electrons. The number of nitrogens with zero attached hydrogens (tertiary/aromatic N) is 2. The summed E-state index contributed by atoms with van der Waals surface area (Å²) in [5.41, 5.74) is 0. The van der Waals surface area contributed by atoms with E-state index >= 15 is 0 Å². The molecule has 3 rings (SSSR count). The van der Waals surface area contributed by atoms with E-state index in [1.54, 1.807) is 0 Å². The van der Waals surface area contributed by atoms with Gasteiger partial charge in [-0.3, -0.25) is 0 Å². The SMILES string of the molecule is CNC1CCCN(S(=O)(=O)c2cccc(S(=O)(=O)N3CCCC3)c2)C1.Cl. The summed E-state index contributed by atoms with van der Waals surface area (Å²) in [5.74, 6) is 0. The van der Waals surface area contributed by atoms with Crippen molar-refractivity contribution in [1.82, 2.24) is 13.9 Å². The zero-order valence-corrected chi connectivity index (χ0v) is 17.2. The quantitative estimate of drug-likeness (QED) is 0.770. The molecule has 0 amide bonds. The normalized spacial score (nSPS) is 22.9. The first-order valence-corrected chi connectivity index (χ1v) is 11.5. The number of hydrogen-bond acceptors (Lipinski definition) is 5. The highest BCUT2D eigenvalue weighted by atomic mass is 35.5. The monoisotopic (exact) mass is 423 g/mol. The summed E-state index contributed by atoms with van der Waals surface area (Å²) >= 11 is 0. The molecule has 0 aliphatic carbocycles. The molecule has 26 heavy (non-hydrogen) atoms. The van der Waals surface area contributed by atoms with Gasteiger partial charge in [0.2, 0.25) is 20.0 Å². The second-order valence-corrected chi connectivity index (χ2v) is 10.5. The van der Waals surface area contributed by atoms with Crippen molar-refractivity contribution >= 4 is 32.5 Å². The first kappa shape index (κ1) is 21.6.